The highest BCUT2D eigenvalue weighted by atomic mass is 16.5. The van der Waals surface area contributed by atoms with E-state index >= 15 is 0 Å². The minimum absolute atomic E-state index is 0.0211. The van der Waals surface area contributed by atoms with E-state index in [2.05, 4.69) is 26.8 Å². The van der Waals surface area contributed by atoms with Crippen LogP contribution in [0.4, 0.5) is 5.69 Å². The first-order valence-corrected chi connectivity index (χ1v) is 8.78. The first-order valence-electron chi connectivity index (χ1n) is 8.78. The molecular formula is C23H25NO2. The monoisotopic (exact) mass is 347 g/mol. The maximum atomic E-state index is 6.30. The van der Waals surface area contributed by atoms with Gasteiger partial charge in [0.15, 0.2) is 5.75 Å². The molecule has 3 aromatic carbocycles. The molecule has 0 aliphatic heterocycles. The van der Waals surface area contributed by atoms with Crippen molar-refractivity contribution in [3.8, 4) is 17.2 Å². The summed E-state index contributed by atoms with van der Waals surface area (Å²) < 4.78 is 12.0. The fraction of sp³-hybridized carbons (Fsp3) is 0.217. The smallest absolute Gasteiger partial charge is 0.154 e. The molecule has 134 valence electrons. The first-order chi connectivity index (χ1) is 12.4. The van der Waals surface area contributed by atoms with E-state index in [1.807, 2.05) is 66.7 Å². The van der Waals surface area contributed by atoms with Crippen LogP contribution in [0, 0.1) is 0 Å². The third-order valence-corrected chi connectivity index (χ3v) is 4.18. The van der Waals surface area contributed by atoms with Gasteiger partial charge < -0.3 is 15.2 Å². The van der Waals surface area contributed by atoms with Crippen LogP contribution >= 0.6 is 0 Å². The molecule has 26 heavy (non-hydrogen) atoms. The van der Waals surface area contributed by atoms with Gasteiger partial charge in [0, 0.05) is 5.56 Å². The van der Waals surface area contributed by atoms with Gasteiger partial charge in [0.1, 0.15) is 23.8 Å². The maximum Gasteiger partial charge on any atom is 0.154 e. The minimum atomic E-state index is -0.0211. The third-order valence-electron chi connectivity index (χ3n) is 4.18. The lowest BCUT2D eigenvalue weighted by Gasteiger charge is -2.23. The number of rotatable bonds is 5. The molecule has 3 rings (SSSR count). The van der Waals surface area contributed by atoms with Gasteiger partial charge in [0.25, 0.3) is 0 Å². The Kier molecular flexibility index (Phi) is 5.17. The largest absolute Gasteiger partial charge is 0.487 e. The summed E-state index contributed by atoms with van der Waals surface area (Å²) in [7, 11) is 0. The predicted molar refractivity (Wildman–Crippen MR) is 107 cm³/mol. The van der Waals surface area contributed by atoms with Gasteiger partial charge in [0.2, 0.25) is 0 Å². The van der Waals surface area contributed by atoms with E-state index in [0.717, 1.165) is 16.9 Å². The molecule has 0 bridgehead atoms. The molecule has 0 aliphatic rings. The predicted octanol–water partition coefficient (Wildman–Crippen LogP) is 5.94. The topological polar surface area (TPSA) is 44.5 Å². The number of anilines is 1. The second kappa shape index (κ2) is 7.52. The standard InChI is InChI=1S/C23H25NO2/c1-23(2,3)18-12-7-8-13-19(18)26-21-15-9-14-20(22(21)24)25-16-17-10-5-4-6-11-17/h4-15H,16,24H2,1-3H3. The second-order valence-electron chi connectivity index (χ2n) is 7.29. The van der Waals surface area contributed by atoms with Crippen molar-refractivity contribution in [3.05, 3.63) is 83.9 Å². The fourth-order valence-corrected chi connectivity index (χ4v) is 2.77. The van der Waals surface area contributed by atoms with Gasteiger partial charge in [0.05, 0.1) is 0 Å². The summed E-state index contributed by atoms with van der Waals surface area (Å²) in [5.74, 6) is 2.04. The van der Waals surface area contributed by atoms with Crippen molar-refractivity contribution in [2.75, 3.05) is 5.73 Å². The minimum Gasteiger partial charge on any atom is -0.487 e. The number of nitrogens with two attached hydrogens (primary N) is 1. The van der Waals surface area contributed by atoms with Gasteiger partial charge in [-0.2, -0.15) is 0 Å². The van der Waals surface area contributed by atoms with Crippen molar-refractivity contribution in [2.45, 2.75) is 32.8 Å². The van der Waals surface area contributed by atoms with E-state index in [0.29, 0.717) is 23.8 Å². The van der Waals surface area contributed by atoms with Gasteiger partial charge in [-0.1, -0.05) is 75.4 Å². The van der Waals surface area contributed by atoms with Crippen LogP contribution in [0.15, 0.2) is 72.8 Å². The number of benzene rings is 3. The number of nitrogen functional groups attached to an aromatic ring is 1. The Morgan fingerprint density at radius 2 is 1.35 bits per heavy atom. The van der Waals surface area contributed by atoms with Crippen molar-refractivity contribution in [1.29, 1.82) is 0 Å². The van der Waals surface area contributed by atoms with Crippen LogP contribution in [0.2, 0.25) is 0 Å². The number of ether oxygens (including phenoxy) is 2. The molecule has 0 aromatic heterocycles. The molecule has 0 fully saturated rings. The van der Waals surface area contributed by atoms with Gasteiger partial charge in [-0.05, 0) is 29.2 Å². The maximum absolute atomic E-state index is 6.30. The summed E-state index contributed by atoms with van der Waals surface area (Å²) in [5.41, 5.74) is 9.02. The van der Waals surface area contributed by atoms with Crippen molar-refractivity contribution in [3.63, 3.8) is 0 Å². The Labute approximate surface area is 155 Å². The van der Waals surface area contributed by atoms with Crippen molar-refractivity contribution in [2.24, 2.45) is 0 Å². The van der Waals surface area contributed by atoms with Crippen LogP contribution in [0.3, 0.4) is 0 Å². The van der Waals surface area contributed by atoms with Gasteiger partial charge in [-0.3, -0.25) is 0 Å². The zero-order chi connectivity index (χ0) is 18.6. The molecular weight excluding hydrogens is 322 g/mol. The van der Waals surface area contributed by atoms with Crippen molar-refractivity contribution >= 4 is 5.69 Å². The van der Waals surface area contributed by atoms with E-state index in [9.17, 15) is 0 Å². The van der Waals surface area contributed by atoms with Crippen LogP contribution in [-0.4, -0.2) is 0 Å². The SMILES string of the molecule is CC(C)(C)c1ccccc1Oc1cccc(OCc2ccccc2)c1N. The van der Waals surface area contributed by atoms with Crippen LogP contribution in [0.5, 0.6) is 17.2 Å². The third kappa shape index (κ3) is 4.17. The molecule has 3 nitrogen and oxygen atoms in total. The van der Waals surface area contributed by atoms with Crippen LogP contribution in [0.1, 0.15) is 31.9 Å². The summed E-state index contributed by atoms with van der Waals surface area (Å²) >= 11 is 0. The quantitative estimate of drug-likeness (QED) is 0.581. The Morgan fingerprint density at radius 1 is 0.731 bits per heavy atom. The molecule has 0 aliphatic carbocycles. The summed E-state index contributed by atoms with van der Waals surface area (Å²) in [5, 5.41) is 0. The lowest BCUT2D eigenvalue weighted by molar-refractivity contribution is 0.306. The summed E-state index contributed by atoms with van der Waals surface area (Å²) in [6, 6.07) is 23.7. The van der Waals surface area contributed by atoms with Gasteiger partial charge in [-0.15, -0.1) is 0 Å². The second-order valence-corrected chi connectivity index (χ2v) is 7.29. The van der Waals surface area contributed by atoms with Crippen molar-refractivity contribution in [1.82, 2.24) is 0 Å². The zero-order valence-electron chi connectivity index (χ0n) is 15.5. The molecule has 0 atom stereocenters. The van der Waals surface area contributed by atoms with Gasteiger partial charge in [-0.25, -0.2) is 0 Å². The molecule has 3 heteroatoms. The Bertz CT molecular complexity index is 867. The number of hydrogen-bond acceptors (Lipinski definition) is 3. The average molecular weight is 347 g/mol. The summed E-state index contributed by atoms with van der Waals surface area (Å²) in [4.78, 5) is 0. The molecule has 0 saturated carbocycles. The van der Waals surface area contributed by atoms with Crippen LogP contribution in [-0.2, 0) is 12.0 Å². The fourth-order valence-electron chi connectivity index (χ4n) is 2.77. The zero-order valence-corrected chi connectivity index (χ0v) is 15.5. The highest BCUT2D eigenvalue weighted by molar-refractivity contribution is 5.64. The van der Waals surface area contributed by atoms with E-state index in [1.165, 1.54) is 0 Å². The lowest BCUT2D eigenvalue weighted by atomic mass is 9.86. The Hall–Kier alpha value is -2.94. The Morgan fingerprint density at radius 3 is 2.08 bits per heavy atom. The van der Waals surface area contributed by atoms with E-state index in [-0.39, 0.29) is 5.41 Å². The molecule has 0 amide bonds. The molecule has 0 heterocycles. The number of para-hydroxylation sites is 2. The molecule has 3 aromatic rings. The Balaban J connectivity index is 1.82. The van der Waals surface area contributed by atoms with Crippen LogP contribution < -0.4 is 15.2 Å². The highest BCUT2D eigenvalue weighted by Crippen LogP contribution is 2.38. The van der Waals surface area contributed by atoms with E-state index in [4.69, 9.17) is 15.2 Å². The van der Waals surface area contributed by atoms with Crippen LogP contribution in [0.25, 0.3) is 0 Å². The first kappa shape index (κ1) is 17.9. The molecule has 0 saturated heterocycles. The average Bonchev–Trinajstić information content (AvgIpc) is 2.63. The lowest BCUT2D eigenvalue weighted by Crippen LogP contribution is -2.12. The molecule has 0 spiro atoms. The molecule has 2 N–H and O–H groups in total. The highest BCUT2D eigenvalue weighted by Gasteiger charge is 2.19. The van der Waals surface area contributed by atoms with Crippen molar-refractivity contribution < 1.29 is 9.47 Å². The summed E-state index contributed by atoms with van der Waals surface area (Å²) in [6.07, 6.45) is 0. The normalized spacial score (nSPS) is 11.2. The number of hydrogen-bond donors (Lipinski definition) is 1. The summed E-state index contributed by atoms with van der Waals surface area (Å²) in [6.45, 7) is 6.96. The van der Waals surface area contributed by atoms with Gasteiger partial charge >= 0.3 is 0 Å². The van der Waals surface area contributed by atoms with E-state index < -0.39 is 0 Å². The van der Waals surface area contributed by atoms with E-state index in [1.54, 1.807) is 0 Å². The molecule has 0 radical (unpaired) electrons. The molecule has 0 unspecified atom stereocenters.